The number of hydrogen-bond donors (Lipinski definition) is 0. The highest BCUT2D eigenvalue weighted by Gasteiger charge is 2.68. The van der Waals surface area contributed by atoms with Gasteiger partial charge in [-0.3, -0.25) is 0 Å². The maximum absolute atomic E-state index is 7.57. The van der Waals surface area contributed by atoms with E-state index in [0.29, 0.717) is 44.9 Å². The van der Waals surface area contributed by atoms with Crippen molar-refractivity contribution in [2.24, 2.45) is 92.7 Å². The van der Waals surface area contributed by atoms with E-state index in [2.05, 4.69) is 96.1 Å². The molecule has 8 saturated carbocycles. The van der Waals surface area contributed by atoms with Crippen molar-refractivity contribution in [3.8, 4) is 0 Å². The summed E-state index contributed by atoms with van der Waals surface area (Å²) < 4.78 is 15.1. The second-order valence-electron chi connectivity index (χ2n) is 22.4. The van der Waals surface area contributed by atoms with Crippen molar-refractivity contribution in [1.29, 1.82) is 0 Å². The van der Waals surface area contributed by atoms with Gasteiger partial charge in [0.05, 0.1) is 0 Å². The second-order valence-corrected chi connectivity index (χ2v) is 22.4. The molecule has 8 aliphatic carbocycles. The highest BCUT2D eigenvalue weighted by Crippen LogP contribution is 2.73. The Balaban J connectivity index is 1.08. The van der Waals surface area contributed by atoms with E-state index in [-0.39, 0.29) is 13.8 Å². The molecule has 8 fully saturated rings. The molecule has 0 aromatic carbocycles. The molecular formula is C43H72B2O2. The Labute approximate surface area is 291 Å². The fourth-order valence-corrected chi connectivity index (χ4v) is 14.8. The lowest BCUT2D eigenvalue weighted by Crippen LogP contribution is -2.43. The third-order valence-electron chi connectivity index (χ3n) is 19.1. The van der Waals surface area contributed by atoms with Crippen LogP contribution in [0.15, 0.2) is 12.0 Å². The van der Waals surface area contributed by atoms with Crippen LogP contribution in [-0.2, 0) is 9.31 Å². The first-order valence-electron chi connectivity index (χ1n) is 20.9. The van der Waals surface area contributed by atoms with Gasteiger partial charge in [0.25, 0.3) is 0 Å². The first kappa shape index (κ1) is 33.6. The molecule has 4 heteroatoms. The molecule has 0 radical (unpaired) electrons. The van der Waals surface area contributed by atoms with Gasteiger partial charge in [-0.15, -0.1) is 0 Å². The highest BCUT2D eigenvalue weighted by molar-refractivity contribution is 6.57. The quantitative estimate of drug-likeness (QED) is 0.194. The van der Waals surface area contributed by atoms with Gasteiger partial charge >= 0.3 is 13.8 Å². The Kier molecular flexibility index (Phi) is 7.68. The van der Waals surface area contributed by atoms with Crippen molar-refractivity contribution in [3.05, 3.63) is 12.0 Å². The third kappa shape index (κ3) is 5.13. The number of hydrogen-bond acceptors (Lipinski definition) is 2. The summed E-state index contributed by atoms with van der Waals surface area (Å²) in [7, 11) is 0. The summed E-state index contributed by atoms with van der Waals surface area (Å²) in [5, 5.41) is 0. The summed E-state index contributed by atoms with van der Waals surface area (Å²) >= 11 is 0. The largest absolute Gasteiger partial charge is 0.537 e. The predicted octanol–water partition coefficient (Wildman–Crippen LogP) is 12.2. The first-order chi connectivity index (χ1) is 21.9. The van der Waals surface area contributed by atoms with Crippen molar-refractivity contribution >= 4 is 13.8 Å². The number of rotatable bonds is 8. The molecular weight excluding hydrogens is 570 g/mol. The minimum absolute atomic E-state index is 0.285. The van der Waals surface area contributed by atoms with Gasteiger partial charge in [0.15, 0.2) is 0 Å². The highest BCUT2D eigenvalue weighted by atomic mass is 16.6. The maximum Gasteiger partial charge on any atom is 0.368 e. The van der Waals surface area contributed by atoms with Gasteiger partial charge in [0, 0.05) is 0 Å². The molecule has 0 aromatic heterocycles. The van der Waals surface area contributed by atoms with Gasteiger partial charge < -0.3 is 9.31 Å². The molecule has 0 amide bonds. The van der Waals surface area contributed by atoms with Gasteiger partial charge in [0.2, 0.25) is 5.95 Å². The van der Waals surface area contributed by atoms with E-state index in [1.807, 2.05) is 0 Å². The molecule has 0 bridgehead atoms. The Morgan fingerprint density at radius 1 is 0.426 bits per heavy atom. The molecule has 0 saturated heterocycles. The predicted molar refractivity (Wildman–Crippen MR) is 199 cm³/mol. The SMILES string of the molecule is CC=C(OB([C@@H]1C[C@@H]2[C@H](C[C@H]1C)C2(C)C)[C@@H]1C[C@@H]2[C@H](C[C@H]1C)C2(C)C)OB([C@@H]1C[C@@H]2[C@H](C[C@H]1C)C2(C)C)[C@@H]1C[C@@H]2[C@H](C[C@H]1C)C2(C)C. The van der Waals surface area contributed by atoms with E-state index < -0.39 is 0 Å². The molecule has 2 nitrogen and oxygen atoms in total. The molecule has 0 N–H and O–H groups in total. The monoisotopic (exact) mass is 643 g/mol. The zero-order chi connectivity index (χ0) is 33.7. The lowest BCUT2D eigenvalue weighted by Gasteiger charge is -2.43. The Morgan fingerprint density at radius 2 is 0.638 bits per heavy atom. The lowest BCUT2D eigenvalue weighted by molar-refractivity contribution is 0.177. The van der Waals surface area contributed by atoms with Crippen LogP contribution in [0.5, 0.6) is 0 Å². The van der Waals surface area contributed by atoms with Crippen LogP contribution < -0.4 is 0 Å². The van der Waals surface area contributed by atoms with Gasteiger partial charge in [-0.05, 0) is 180 Å². The van der Waals surface area contributed by atoms with E-state index in [1.165, 1.54) is 51.4 Å². The average Bonchev–Trinajstić information content (AvgIpc) is 3.94. The minimum Gasteiger partial charge on any atom is -0.537 e. The van der Waals surface area contributed by atoms with E-state index in [1.54, 1.807) is 0 Å². The van der Waals surface area contributed by atoms with Crippen LogP contribution >= 0.6 is 0 Å². The average molecular weight is 643 g/mol. The maximum atomic E-state index is 7.57. The third-order valence-corrected chi connectivity index (χ3v) is 19.1. The van der Waals surface area contributed by atoms with E-state index in [4.69, 9.17) is 9.31 Å². The molecule has 262 valence electrons. The van der Waals surface area contributed by atoms with Crippen LogP contribution in [0.2, 0.25) is 23.3 Å². The summed E-state index contributed by atoms with van der Waals surface area (Å²) in [4.78, 5) is 0. The van der Waals surface area contributed by atoms with Gasteiger partial charge in [-0.1, -0.05) is 83.1 Å². The summed E-state index contributed by atoms with van der Waals surface area (Å²) in [6.07, 6.45) is 13.3. The Morgan fingerprint density at radius 3 is 0.851 bits per heavy atom. The molecule has 0 heterocycles. The fourth-order valence-electron chi connectivity index (χ4n) is 14.8. The zero-order valence-corrected chi connectivity index (χ0v) is 32.9. The van der Waals surface area contributed by atoms with E-state index in [0.717, 1.165) is 77.0 Å². The molecule has 8 rings (SSSR count). The first-order valence-corrected chi connectivity index (χ1v) is 20.9. The summed E-state index contributed by atoms with van der Waals surface area (Å²) in [6, 6.07) is 0. The van der Waals surface area contributed by atoms with Crippen LogP contribution in [-0.4, -0.2) is 13.8 Å². The standard InChI is InChI=1S/C43H72B2O2/c1-14-39(46-44(35-19-31-27(15-23(35)2)40(31,6)7)36-20-32-28(16-24(36)3)41(32,8)9)47-45(37-21-33-29(17-25(37)4)42(33,10)11)38-22-34-30(18-26(38)5)43(34,12)13/h14,23-38H,15-22H2,1-13H3/t23-,24-,25-,26-,27+,28+,29+,30+,31-,32-,33-,34-,35-,36-,37-,38-/m1/s1. The van der Waals surface area contributed by atoms with Crippen molar-refractivity contribution in [2.45, 2.75) is 165 Å². The van der Waals surface area contributed by atoms with Gasteiger partial charge in [-0.25, -0.2) is 0 Å². The Bertz CT molecular complexity index is 1090. The van der Waals surface area contributed by atoms with Crippen LogP contribution in [0.25, 0.3) is 0 Å². The zero-order valence-electron chi connectivity index (χ0n) is 32.9. The van der Waals surface area contributed by atoms with E-state index >= 15 is 0 Å². The number of allylic oxidation sites excluding steroid dienone is 1. The molecule has 0 aliphatic heterocycles. The fraction of sp³-hybridized carbons (Fsp3) is 0.953. The summed E-state index contributed by atoms with van der Waals surface area (Å²) in [5.74, 6) is 13.7. The van der Waals surface area contributed by atoms with Crippen molar-refractivity contribution in [3.63, 3.8) is 0 Å². The molecule has 0 spiro atoms. The van der Waals surface area contributed by atoms with E-state index in [9.17, 15) is 0 Å². The molecule has 0 unspecified atom stereocenters. The Hall–Kier alpha value is -0.530. The minimum atomic E-state index is 0.285. The normalized spacial score (nSPS) is 51.5. The molecule has 47 heavy (non-hydrogen) atoms. The van der Waals surface area contributed by atoms with Crippen molar-refractivity contribution < 1.29 is 9.31 Å². The number of fused-ring (bicyclic) bond motifs is 4. The van der Waals surface area contributed by atoms with Crippen LogP contribution in [0.4, 0.5) is 0 Å². The molecule has 0 aromatic rings. The second kappa shape index (κ2) is 10.7. The lowest BCUT2D eigenvalue weighted by atomic mass is 9.38. The van der Waals surface area contributed by atoms with Crippen molar-refractivity contribution in [1.82, 2.24) is 0 Å². The summed E-state index contributed by atoms with van der Waals surface area (Å²) in [5.41, 5.74) is 2.10. The molecule has 16 atom stereocenters. The van der Waals surface area contributed by atoms with Crippen LogP contribution in [0.3, 0.4) is 0 Å². The van der Waals surface area contributed by atoms with Gasteiger partial charge in [-0.2, -0.15) is 0 Å². The smallest absolute Gasteiger partial charge is 0.368 e. The molecule has 8 aliphatic rings. The van der Waals surface area contributed by atoms with Crippen molar-refractivity contribution in [2.75, 3.05) is 0 Å². The summed E-state index contributed by atoms with van der Waals surface area (Å²) in [6.45, 7) is 33.5. The topological polar surface area (TPSA) is 18.5 Å². The van der Waals surface area contributed by atoms with Gasteiger partial charge in [0.1, 0.15) is 0 Å². The van der Waals surface area contributed by atoms with Crippen LogP contribution in [0.1, 0.15) is 141 Å². The van der Waals surface area contributed by atoms with Crippen LogP contribution in [0, 0.1) is 92.7 Å².